The summed E-state index contributed by atoms with van der Waals surface area (Å²) in [5.41, 5.74) is 11.6. The van der Waals surface area contributed by atoms with E-state index in [9.17, 15) is 0 Å². The normalized spacial score (nSPS) is 11.3. The van der Waals surface area contributed by atoms with E-state index in [0.717, 1.165) is 5.69 Å². The first kappa shape index (κ1) is 12.0. The maximum Gasteiger partial charge on any atom is 0.0542 e. The Morgan fingerprint density at radius 3 is 2.19 bits per heavy atom. The highest BCUT2D eigenvalue weighted by Gasteiger charge is 2.12. The van der Waals surface area contributed by atoms with Gasteiger partial charge in [0.05, 0.1) is 11.0 Å². The Kier molecular flexibility index (Phi) is 2.51. The lowest BCUT2D eigenvalue weighted by Crippen LogP contribution is -1.93. The molecule has 0 fully saturated rings. The molecule has 0 aliphatic heterocycles. The molecule has 4 rings (SSSR count). The number of fused-ring (bicyclic) bond motifs is 3. The smallest absolute Gasteiger partial charge is 0.0542 e. The van der Waals surface area contributed by atoms with Crippen molar-refractivity contribution < 1.29 is 0 Å². The van der Waals surface area contributed by atoms with E-state index in [1.54, 1.807) is 0 Å². The Labute approximate surface area is 123 Å². The number of benzene rings is 3. The highest BCUT2D eigenvalue weighted by atomic mass is 15.0. The van der Waals surface area contributed by atoms with Crippen molar-refractivity contribution in [3.05, 3.63) is 72.3 Å². The molecule has 0 saturated heterocycles. The van der Waals surface area contributed by atoms with Gasteiger partial charge in [-0.05, 0) is 49.4 Å². The maximum atomic E-state index is 5.99. The van der Waals surface area contributed by atoms with E-state index < -0.39 is 0 Å². The van der Waals surface area contributed by atoms with Gasteiger partial charge in [-0.2, -0.15) is 0 Å². The standard InChI is InChI=1S/C19H16N2/c1-13-7-9-18-16(11-13)17-12-14(20)8-10-19(17)21(18)15-5-3-2-4-6-15/h2-12H,20H2,1H3. The Hall–Kier alpha value is -2.74. The van der Waals surface area contributed by atoms with E-state index in [-0.39, 0.29) is 0 Å². The molecule has 0 radical (unpaired) electrons. The van der Waals surface area contributed by atoms with Gasteiger partial charge >= 0.3 is 0 Å². The van der Waals surface area contributed by atoms with Crippen molar-refractivity contribution in [1.82, 2.24) is 4.57 Å². The molecule has 2 nitrogen and oxygen atoms in total. The number of aryl methyl sites for hydroxylation is 1. The summed E-state index contributed by atoms with van der Waals surface area (Å²) in [4.78, 5) is 0. The number of hydrogen-bond acceptors (Lipinski definition) is 1. The van der Waals surface area contributed by atoms with Gasteiger partial charge < -0.3 is 10.3 Å². The fourth-order valence-corrected chi connectivity index (χ4v) is 3.01. The molecular formula is C19H16N2. The van der Waals surface area contributed by atoms with Crippen LogP contribution in [0.3, 0.4) is 0 Å². The fraction of sp³-hybridized carbons (Fsp3) is 0.0526. The summed E-state index contributed by atoms with van der Waals surface area (Å²) in [5, 5.41) is 2.46. The SMILES string of the molecule is Cc1ccc2c(c1)c1cc(N)ccc1n2-c1ccccc1. The molecular weight excluding hydrogens is 256 g/mol. The van der Waals surface area contributed by atoms with Crippen LogP contribution in [-0.4, -0.2) is 4.57 Å². The third kappa shape index (κ3) is 1.80. The van der Waals surface area contributed by atoms with Crippen LogP contribution in [0.5, 0.6) is 0 Å². The van der Waals surface area contributed by atoms with Crippen molar-refractivity contribution in [1.29, 1.82) is 0 Å². The molecule has 0 amide bonds. The molecule has 0 aliphatic rings. The van der Waals surface area contributed by atoms with Crippen molar-refractivity contribution in [3.63, 3.8) is 0 Å². The topological polar surface area (TPSA) is 30.9 Å². The van der Waals surface area contributed by atoms with Gasteiger partial charge in [0.1, 0.15) is 0 Å². The van der Waals surface area contributed by atoms with E-state index in [2.05, 4.69) is 66.1 Å². The summed E-state index contributed by atoms with van der Waals surface area (Å²) < 4.78 is 2.30. The third-order valence-electron chi connectivity index (χ3n) is 3.96. The Morgan fingerprint density at radius 2 is 1.43 bits per heavy atom. The van der Waals surface area contributed by atoms with E-state index >= 15 is 0 Å². The lowest BCUT2D eigenvalue weighted by Gasteiger charge is -2.07. The highest BCUT2D eigenvalue weighted by molar-refractivity contribution is 6.10. The zero-order chi connectivity index (χ0) is 14.4. The molecule has 2 N–H and O–H groups in total. The number of aromatic nitrogens is 1. The molecule has 0 bridgehead atoms. The summed E-state index contributed by atoms with van der Waals surface area (Å²) in [6.45, 7) is 2.12. The lowest BCUT2D eigenvalue weighted by atomic mass is 10.1. The molecule has 0 aliphatic carbocycles. The second-order valence-corrected chi connectivity index (χ2v) is 5.47. The van der Waals surface area contributed by atoms with Crippen molar-refractivity contribution >= 4 is 27.5 Å². The largest absolute Gasteiger partial charge is 0.399 e. The molecule has 0 spiro atoms. The number of nitrogens with two attached hydrogens (primary N) is 1. The van der Waals surface area contributed by atoms with Gasteiger partial charge in [0.25, 0.3) is 0 Å². The molecule has 102 valence electrons. The first-order chi connectivity index (χ1) is 10.2. The molecule has 2 heteroatoms. The van der Waals surface area contributed by atoms with Crippen LogP contribution in [-0.2, 0) is 0 Å². The van der Waals surface area contributed by atoms with Crippen LogP contribution in [0.1, 0.15) is 5.56 Å². The van der Waals surface area contributed by atoms with Gasteiger partial charge in [0, 0.05) is 22.1 Å². The molecule has 0 unspecified atom stereocenters. The van der Waals surface area contributed by atoms with Crippen LogP contribution >= 0.6 is 0 Å². The number of para-hydroxylation sites is 1. The molecule has 0 atom stereocenters. The summed E-state index contributed by atoms with van der Waals surface area (Å²) in [6.07, 6.45) is 0. The summed E-state index contributed by atoms with van der Waals surface area (Å²) in [7, 11) is 0. The number of nitrogens with zero attached hydrogens (tertiary/aromatic N) is 1. The highest BCUT2D eigenvalue weighted by Crippen LogP contribution is 2.33. The van der Waals surface area contributed by atoms with Gasteiger partial charge in [-0.15, -0.1) is 0 Å². The number of nitrogen functional groups attached to an aromatic ring is 1. The van der Waals surface area contributed by atoms with Crippen LogP contribution in [0.15, 0.2) is 66.7 Å². The third-order valence-corrected chi connectivity index (χ3v) is 3.96. The van der Waals surface area contributed by atoms with E-state index in [1.165, 1.54) is 33.1 Å². The first-order valence-electron chi connectivity index (χ1n) is 7.10. The minimum absolute atomic E-state index is 0.802. The zero-order valence-electron chi connectivity index (χ0n) is 11.9. The second-order valence-electron chi connectivity index (χ2n) is 5.47. The number of rotatable bonds is 1. The zero-order valence-corrected chi connectivity index (χ0v) is 11.9. The van der Waals surface area contributed by atoms with E-state index in [4.69, 9.17) is 5.73 Å². The molecule has 21 heavy (non-hydrogen) atoms. The molecule has 3 aromatic carbocycles. The molecule has 4 aromatic rings. The summed E-state index contributed by atoms with van der Waals surface area (Å²) >= 11 is 0. The summed E-state index contributed by atoms with van der Waals surface area (Å²) in [6, 6.07) is 23.2. The quantitative estimate of drug-likeness (QED) is 0.501. The van der Waals surface area contributed by atoms with Crippen molar-refractivity contribution in [2.45, 2.75) is 6.92 Å². The second kappa shape index (κ2) is 4.38. The monoisotopic (exact) mass is 272 g/mol. The fourth-order valence-electron chi connectivity index (χ4n) is 3.01. The lowest BCUT2D eigenvalue weighted by molar-refractivity contribution is 1.18. The van der Waals surface area contributed by atoms with Crippen LogP contribution < -0.4 is 5.73 Å². The minimum Gasteiger partial charge on any atom is -0.399 e. The predicted octanol–water partition coefficient (Wildman–Crippen LogP) is 4.67. The van der Waals surface area contributed by atoms with E-state index in [1.807, 2.05) is 12.1 Å². The van der Waals surface area contributed by atoms with Crippen molar-refractivity contribution in [2.75, 3.05) is 5.73 Å². The minimum atomic E-state index is 0.802. The van der Waals surface area contributed by atoms with Gasteiger partial charge in [0.2, 0.25) is 0 Å². The van der Waals surface area contributed by atoms with Crippen LogP contribution in [0.4, 0.5) is 5.69 Å². The van der Waals surface area contributed by atoms with Crippen LogP contribution in [0, 0.1) is 6.92 Å². The van der Waals surface area contributed by atoms with Gasteiger partial charge in [-0.25, -0.2) is 0 Å². The van der Waals surface area contributed by atoms with Gasteiger partial charge in [-0.3, -0.25) is 0 Å². The van der Waals surface area contributed by atoms with E-state index in [0.29, 0.717) is 0 Å². The molecule has 1 aromatic heterocycles. The Balaban J connectivity index is 2.22. The average Bonchev–Trinajstić information content (AvgIpc) is 2.81. The van der Waals surface area contributed by atoms with Crippen molar-refractivity contribution in [2.24, 2.45) is 0 Å². The first-order valence-corrected chi connectivity index (χ1v) is 7.10. The molecule has 1 heterocycles. The number of hydrogen-bond donors (Lipinski definition) is 1. The van der Waals surface area contributed by atoms with Crippen LogP contribution in [0.2, 0.25) is 0 Å². The molecule has 0 saturated carbocycles. The van der Waals surface area contributed by atoms with Gasteiger partial charge in [-0.1, -0.05) is 29.8 Å². The number of anilines is 1. The summed E-state index contributed by atoms with van der Waals surface area (Å²) in [5.74, 6) is 0. The maximum absolute atomic E-state index is 5.99. The predicted molar refractivity (Wildman–Crippen MR) is 89.9 cm³/mol. The Bertz CT molecular complexity index is 890. The average molecular weight is 272 g/mol. The van der Waals surface area contributed by atoms with Crippen molar-refractivity contribution in [3.8, 4) is 5.69 Å². The van der Waals surface area contributed by atoms with Crippen LogP contribution in [0.25, 0.3) is 27.5 Å². The van der Waals surface area contributed by atoms with Gasteiger partial charge in [0.15, 0.2) is 0 Å². The Morgan fingerprint density at radius 1 is 0.762 bits per heavy atom.